The zero-order valence-corrected chi connectivity index (χ0v) is 13.3. The van der Waals surface area contributed by atoms with Crippen molar-refractivity contribution < 1.29 is 9.59 Å². The number of carbonyl (C=O) groups excluding carboxylic acids is 2. The van der Waals surface area contributed by atoms with Crippen LogP contribution in [0.5, 0.6) is 0 Å². The summed E-state index contributed by atoms with van der Waals surface area (Å²) in [5.74, 6) is -0.146. The number of hydrogen-bond donors (Lipinski definition) is 2. The van der Waals surface area contributed by atoms with Gasteiger partial charge < -0.3 is 10.6 Å². The number of aryl methyl sites for hydroxylation is 1. The second kappa shape index (κ2) is 7.70. The Morgan fingerprint density at radius 2 is 2.04 bits per heavy atom. The van der Waals surface area contributed by atoms with E-state index in [1.165, 1.54) is 13.1 Å². The van der Waals surface area contributed by atoms with Gasteiger partial charge in [-0.25, -0.2) is 4.98 Å². The van der Waals surface area contributed by atoms with Crippen molar-refractivity contribution >= 4 is 23.2 Å². The number of nitrogens with one attached hydrogen (secondary N) is 2. The molecular formula is C18H16N4O2. The molecule has 0 atom stereocenters. The molecule has 24 heavy (non-hydrogen) atoms. The monoisotopic (exact) mass is 320 g/mol. The van der Waals surface area contributed by atoms with Gasteiger partial charge in [0.15, 0.2) is 5.78 Å². The van der Waals surface area contributed by atoms with Crippen LogP contribution in [-0.2, 0) is 4.79 Å². The van der Waals surface area contributed by atoms with E-state index in [4.69, 9.17) is 5.26 Å². The minimum Gasteiger partial charge on any atom is -0.345 e. The predicted molar refractivity (Wildman–Crippen MR) is 91.4 cm³/mol. The van der Waals surface area contributed by atoms with E-state index in [-0.39, 0.29) is 11.4 Å². The summed E-state index contributed by atoms with van der Waals surface area (Å²) in [7, 11) is 0. The van der Waals surface area contributed by atoms with E-state index in [9.17, 15) is 9.59 Å². The van der Waals surface area contributed by atoms with Crippen LogP contribution in [0.1, 0.15) is 22.8 Å². The van der Waals surface area contributed by atoms with Gasteiger partial charge in [-0.2, -0.15) is 5.26 Å². The quantitative estimate of drug-likeness (QED) is 0.501. The summed E-state index contributed by atoms with van der Waals surface area (Å²) in [5.41, 5.74) is 1.83. The number of anilines is 2. The van der Waals surface area contributed by atoms with Gasteiger partial charge in [0.1, 0.15) is 17.5 Å². The second-order valence-electron chi connectivity index (χ2n) is 5.13. The molecule has 6 nitrogen and oxygen atoms in total. The summed E-state index contributed by atoms with van der Waals surface area (Å²) in [5, 5.41) is 14.5. The molecule has 0 bridgehead atoms. The maximum absolute atomic E-state index is 12.2. The van der Waals surface area contributed by atoms with E-state index in [1.54, 1.807) is 36.5 Å². The van der Waals surface area contributed by atoms with Crippen LogP contribution in [-0.4, -0.2) is 16.7 Å². The summed E-state index contributed by atoms with van der Waals surface area (Å²) in [6, 6.07) is 12.0. The maximum atomic E-state index is 12.2. The molecule has 0 aliphatic carbocycles. The first-order valence-electron chi connectivity index (χ1n) is 7.21. The van der Waals surface area contributed by atoms with Gasteiger partial charge in [0.2, 0.25) is 0 Å². The van der Waals surface area contributed by atoms with Crippen LogP contribution in [0, 0.1) is 18.3 Å². The molecule has 0 saturated carbocycles. The summed E-state index contributed by atoms with van der Waals surface area (Å²) in [6.45, 7) is 3.36. The van der Waals surface area contributed by atoms with Crippen LogP contribution in [0.4, 0.5) is 11.5 Å². The molecule has 0 aliphatic heterocycles. The van der Waals surface area contributed by atoms with Gasteiger partial charge in [0.25, 0.3) is 5.91 Å². The second-order valence-corrected chi connectivity index (χ2v) is 5.13. The molecule has 1 aromatic carbocycles. The molecule has 120 valence electrons. The van der Waals surface area contributed by atoms with E-state index in [2.05, 4.69) is 15.6 Å². The standard InChI is InChI=1S/C18H16N4O2/c1-12-6-7-17(20-10-12)21-11-15(9-19)18(24)22-16-5-3-4-14(8-16)13(2)23/h3-8,10-11H,1-2H3,(H,20,21)(H,22,24)/b15-11-. The topological polar surface area (TPSA) is 94.9 Å². The number of benzene rings is 1. The number of Topliss-reactive ketones (excluding diaryl/α,β-unsaturated/α-hetero) is 1. The fraction of sp³-hybridized carbons (Fsp3) is 0.111. The summed E-state index contributed by atoms with van der Waals surface area (Å²) >= 11 is 0. The first-order chi connectivity index (χ1) is 11.5. The number of carbonyl (C=O) groups is 2. The molecule has 6 heteroatoms. The third-order valence-electron chi connectivity index (χ3n) is 3.17. The van der Waals surface area contributed by atoms with Crippen LogP contribution in [0.3, 0.4) is 0 Å². The maximum Gasteiger partial charge on any atom is 0.267 e. The molecule has 1 aromatic heterocycles. The fourth-order valence-electron chi connectivity index (χ4n) is 1.86. The normalized spacial score (nSPS) is 10.6. The van der Waals surface area contributed by atoms with Crippen molar-refractivity contribution in [2.45, 2.75) is 13.8 Å². The van der Waals surface area contributed by atoms with Gasteiger partial charge in [-0.3, -0.25) is 9.59 Å². The molecule has 2 N–H and O–H groups in total. The molecule has 1 amide bonds. The van der Waals surface area contributed by atoms with Crippen LogP contribution < -0.4 is 10.6 Å². The Kier molecular flexibility index (Phi) is 5.42. The van der Waals surface area contributed by atoms with Crippen LogP contribution in [0.15, 0.2) is 54.4 Å². The van der Waals surface area contributed by atoms with Crippen molar-refractivity contribution in [3.05, 3.63) is 65.5 Å². The van der Waals surface area contributed by atoms with E-state index in [0.717, 1.165) is 5.56 Å². The van der Waals surface area contributed by atoms with E-state index >= 15 is 0 Å². The molecule has 0 fully saturated rings. The highest BCUT2D eigenvalue weighted by Crippen LogP contribution is 2.12. The number of pyridine rings is 1. The first-order valence-corrected chi connectivity index (χ1v) is 7.21. The lowest BCUT2D eigenvalue weighted by molar-refractivity contribution is -0.112. The number of ketones is 1. The molecule has 2 rings (SSSR count). The van der Waals surface area contributed by atoms with E-state index < -0.39 is 5.91 Å². The van der Waals surface area contributed by atoms with Crippen LogP contribution in [0.2, 0.25) is 0 Å². The number of nitriles is 1. The molecule has 0 aliphatic rings. The van der Waals surface area contributed by atoms with Gasteiger partial charge in [-0.05, 0) is 37.6 Å². The first kappa shape index (κ1) is 16.9. The number of aromatic nitrogens is 1. The number of rotatable bonds is 5. The summed E-state index contributed by atoms with van der Waals surface area (Å²) in [6.07, 6.45) is 2.97. The number of amides is 1. The van der Waals surface area contributed by atoms with Crippen molar-refractivity contribution in [2.24, 2.45) is 0 Å². The molecular weight excluding hydrogens is 304 g/mol. The molecule has 1 heterocycles. The lowest BCUT2D eigenvalue weighted by Gasteiger charge is -2.06. The summed E-state index contributed by atoms with van der Waals surface area (Å²) in [4.78, 5) is 27.6. The Hall–Kier alpha value is -3.46. The van der Waals surface area contributed by atoms with Crippen molar-refractivity contribution in [2.75, 3.05) is 10.6 Å². The van der Waals surface area contributed by atoms with Gasteiger partial charge >= 0.3 is 0 Å². The zero-order chi connectivity index (χ0) is 17.5. The number of hydrogen-bond acceptors (Lipinski definition) is 5. The largest absolute Gasteiger partial charge is 0.345 e. The number of nitrogens with zero attached hydrogens (tertiary/aromatic N) is 2. The smallest absolute Gasteiger partial charge is 0.267 e. The Bertz CT molecular complexity index is 833. The van der Waals surface area contributed by atoms with Crippen molar-refractivity contribution in [1.29, 1.82) is 5.26 Å². The Balaban J connectivity index is 2.10. The SMILES string of the molecule is CC(=O)c1cccc(NC(=O)/C(C#N)=C\Nc2ccc(C)cn2)c1. The lowest BCUT2D eigenvalue weighted by Crippen LogP contribution is -2.15. The molecule has 2 aromatic rings. The van der Waals surface area contributed by atoms with Gasteiger partial charge in [0.05, 0.1) is 0 Å². The molecule has 0 unspecified atom stereocenters. The summed E-state index contributed by atoms with van der Waals surface area (Å²) < 4.78 is 0. The molecule has 0 spiro atoms. The zero-order valence-electron chi connectivity index (χ0n) is 13.3. The van der Waals surface area contributed by atoms with Crippen molar-refractivity contribution in [1.82, 2.24) is 4.98 Å². The Labute approximate surface area is 139 Å². The minimum atomic E-state index is -0.571. The predicted octanol–water partition coefficient (Wildman–Crippen LogP) is 3.05. The van der Waals surface area contributed by atoms with Crippen molar-refractivity contribution in [3.63, 3.8) is 0 Å². The van der Waals surface area contributed by atoms with Gasteiger partial charge in [0, 0.05) is 23.6 Å². The average Bonchev–Trinajstić information content (AvgIpc) is 2.57. The average molecular weight is 320 g/mol. The van der Waals surface area contributed by atoms with Crippen LogP contribution >= 0.6 is 0 Å². The molecule has 0 saturated heterocycles. The van der Waals surface area contributed by atoms with Crippen LogP contribution in [0.25, 0.3) is 0 Å². The highest BCUT2D eigenvalue weighted by Gasteiger charge is 2.10. The third kappa shape index (κ3) is 4.52. The van der Waals surface area contributed by atoms with E-state index in [0.29, 0.717) is 17.1 Å². The highest BCUT2D eigenvalue weighted by molar-refractivity contribution is 6.07. The third-order valence-corrected chi connectivity index (χ3v) is 3.17. The molecule has 0 radical (unpaired) electrons. The minimum absolute atomic E-state index is 0.103. The van der Waals surface area contributed by atoms with Gasteiger partial charge in [-0.15, -0.1) is 0 Å². The lowest BCUT2D eigenvalue weighted by atomic mass is 10.1. The Morgan fingerprint density at radius 1 is 1.25 bits per heavy atom. The van der Waals surface area contributed by atoms with Gasteiger partial charge in [-0.1, -0.05) is 18.2 Å². The fourth-order valence-corrected chi connectivity index (χ4v) is 1.86. The highest BCUT2D eigenvalue weighted by atomic mass is 16.1. The van der Waals surface area contributed by atoms with Crippen molar-refractivity contribution in [3.8, 4) is 6.07 Å². The van der Waals surface area contributed by atoms with E-state index in [1.807, 2.05) is 19.1 Å². The Morgan fingerprint density at radius 3 is 2.67 bits per heavy atom.